The molecule has 1 aliphatic rings. The number of nitrogens with zero attached hydrogens (tertiary/aromatic N) is 4. The fourth-order valence-electron chi connectivity index (χ4n) is 2.87. The van der Waals surface area contributed by atoms with Crippen molar-refractivity contribution in [2.24, 2.45) is 0 Å². The lowest BCUT2D eigenvalue weighted by molar-refractivity contribution is -0.139. The summed E-state index contributed by atoms with van der Waals surface area (Å²) < 4.78 is 5.85. The van der Waals surface area contributed by atoms with Crippen molar-refractivity contribution < 1.29 is 14.3 Å². The first kappa shape index (κ1) is 20.2. The van der Waals surface area contributed by atoms with Crippen molar-refractivity contribution in [1.82, 2.24) is 25.4 Å². The predicted octanol–water partition coefficient (Wildman–Crippen LogP) is 1.58. The van der Waals surface area contributed by atoms with Gasteiger partial charge in [-0.25, -0.2) is 0 Å². The van der Waals surface area contributed by atoms with Crippen molar-refractivity contribution in [1.29, 1.82) is 0 Å². The number of morpholine rings is 1. The maximum absolute atomic E-state index is 12.3. The smallest absolute Gasteiger partial charge is 0.242 e. The van der Waals surface area contributed by atoms with E-state index in [0.717, 1.165) is 33.6 Å². The molecule has 1 saturated heterocycles. The highest BCUT2D eigenvalue weighted by Gasteiger charge is 2.26. The van der Waals surface area contributed by atoms with Crippen LogP contribution in [0.25, 0.3) is 0 Å². The van der Waals surface area contributed by atoms with Gasteiger partial charge >= 0.3 is 0 Å². The second kappa shape index (κ2) is 9.07. The van der Waals surface area contributed by atoms with Crippen molar-refractivity contribution in [3.8, 4) is 0 Å². The molecule has 3 rings (SSSR count). The van der Waals surface area contributed by atoms with Gasteiger partial charge in [0.05, 0.1) is 25.4 Å². The van der Waals surface area contributed by atoms with E-state index in [2.05, 4.69) is 25.8 Å². The van der Waals surface area contributed by atoms with E-state index >= 15 is 0 Å². The molecule has 2 amide bonds. The molecule has 9 nitrogen and oxygen atoms in total. The molecule has 0 bridgehead atoms. The molecule has 1 fully saturated rings. The van der Waals surface area contributed by atoms with Crippen LogP contribution in [0.3, 0.4) is 0 Å². The number of ether oxygens (including phenoxy) is 1. The number of pyridine rings is 1. The predicted molar refractivity (Wildman–Crippen MR) is 106 cm³/mol. The topological polar surface area (TPSA) is 109 Å². The average molecular weight is 404 g/mol. The molecule has 2 N–H and O–H groups in total. The molecule has 2 aromatic rings. The quantitative estimate of drug-likeness (QED) is 0.752. The second-order valence-electron chi connectivity index (χ2n) is 6.51. The lowest BCUT2D eigenvalue weighted by Crippen LogP contribution is -2.46. The molecule has 0 saturated carbocycles. The number of aryl methyl sites for hydroxylation is 2. The molecular weight excluding hydrogens is 380 g/mol. The van der Waals surface area contributed by atoms with Gasteiger partial charge in [0.1, 0.15) is 11.1 Å². The number of carbonyl (C=O) groups excluding carboxylic acids is 2. The summed E-state index contributed by atoms with van der Waals surface area (Å²) in [6.45, 7) is 6.65. The van der Waals surface area contributed by atoms with Crippen LogP contribution in [-0.2, 0) is 20.7 Å². The summed E-state index contributed by atoms with van der Waals surface area (Å²) in [4.78, 5) is 29.6. The van der Waals surface area contributed by atoms with Crippen molar-refractivity contribution in [2.75, 3.05) is 31.6 Å². The van der Waals surface area contributed by atoms with Crippen molar-refractivity contribution in [3.63, 3.8) is 0 Å². The molecule has 0 unspecified atom stereocenters. The number of anilines is 2. The fraction of sp³-hybridized carbons (Fsp3) is 0.500. The highest BCUT2D eigenvalue weighted by molar-refractivity contribution is 7.15. The van der Waals surface area contributed by atoms with Crippen LogP contribution in [-0.4, -0.2) is 58.1 Å². The molecule has 1 atom stereocenters. The largest absolute Gasteiger partial charge is 0.368 e. The third kappa shape index (κ3) is 5.23. The fourth-order valence-corrected chi connectivity index (χ4v) is 3.57. The molecule has 0 radical (unpaired) electrons. The summed E-state index contributed by atoms with van der Waals surface area (Å²) in [5.41, 5.74) is 2.44. The summed E-state index contributed by atoms with van der Waals surface area (Å²) in [6.07, 6.45) is 0.522. The minimum Gasteiger partial charge on any atom is -0.368 e. The summed E-state index contributed by atoms with van der Waals surface area (Å²) in [7, 11) is 0. The average Bonchev–Trinajstić information content (AvgIpc) is 3.13. The molecule has 3 heterocycles. The van der Waals surface area contributed by atoms with Gasteiger partial charge in [0.15, 0.2) is 0 Å². The van der Waals surface area contributed by atoms with Crippen LogP contribution in [0.4, 0.5) is 10.8 Å². The monoisotopic (exact) mass is 404 g/mol. The van der Waals surface area contributed by atoms with E-state index in [0.29, 0.717) is 19.7 Å². The van der Waals surface area contributed by atoms with E-state index in [4.69, 9.17) is 4.74 Å². The van der Waals surface area contributed by atoms with Gasteiger partial charge in [-0.05, 0) is 25.5 Å². The first-order valence-corrected chi connectivity index (χ1v) is 9.98. The number of amides is 2. The summed E-state index contributed by atoms with van der Waals surface area (Å²) in [6, 6.07) is 3.84. The van der Waals surface area contributed by atoms with Gasteiger partial charge in [-0.2, -0.15) is 0 Å². The Balaban J connectivity index is 1.70. The van der Waals surface area contributed by atoms with Gasteiger partial charge in [-0.15, -0.1) is 10.2 Å². The number of hydrogen-bond donors (Lipinski definition) is 2. The molecule has 0 aromatic carbocycles. The minimum absolute atomic E-state index is 0.00703. The Bertz CT molecular complexity index is 856. The molecule has 0 spiro atoms. The standard InChI is InChI=1S/C18H24N6O3S/c1-4-16-22-23-18(28-16)21-13-7-11(2)20-14(8-13)15-10-24(5-6-27-15)17(26)9-19-12(3)25/h7-8,15H,4-6,9-10H2,1-3H3,(H,19,25)(H,20,21,23)/t15-/m0/s1. The minimum atomic E-state index is -0.323. The molecule has 10 heteroatoms. The maximum Gasteiger partial charge on any atom is 0.242 e. The lowest BCUT2D eigenvalue weighted by Gasteiger charge is -2.33. The number of rotatable bonds is 6. The van der Waals surface area contributed by atoms with Crippen molar-refractivity contribution in [3.05, 3.63) is 28.5 Å². The number of carbonyl (C=O) groups is 2. The van der Waals surface area contributed by atoms with Gasteiger partial charge in [-0.1, -0.05) is 18.3 Å². The highest BCUT2D eigenvalue weighted by Crippen LogP contribution is 2.26. The van der Waals surface area contributed by atoms with Crippen LogP contribution in [0, 0.1) is 6.92 Å². The molecular formula is C18H24N6O3S. The number of aromatic nitrogens is 3. The van der Waals surface area contributed by atoms with E-state index in [1.807, 2.05) is 26.0 Å². The van der Waals surface area contributed by atoms with E-state index in [-0.39, 0.29) is 24.5 Å². The van der Waals surface area contributed by atoms with E-state index in [1.54, 1.807) is 4.90 Å². The molecule has 150 valence electrons. The van der Waals surface area contributed by atoms with Crippen LogP contribution in [0.15, 0.2) is 12.1 Å². The summed E-state index contributed by atoms with van der Waals surface area (Å²) >= 11 is 1.51. The van der Waals surface area contributed by atoms with Crippen molar-refractivity contribution in [2.45, 2.75) is 33.3 Å². The molecule has 28 heavy (non-hydrogen) atoms. The van der Waals surface area contributed by atoms with Crippen LogP contribution in [0.2, 0.25) is 0 Å². The third-order valence-corrected chi connectivity index (χ3v) is 5.21. The molecule has 1 aliphatic heterocycles. The van der Waals surface area contributed by atoms with E-state index in [9.17, 15) is 9.59 Å². The summed E-state index contributed by atoms with van der Waals surface area (Å²) in [5, 5.41) is 15.8. The highest BCUT2D eigenvalue weighted by atomic mass is 32.1. The van der Waals surface area contributed by atoms with Crippen molar-refractivity contribution >= 4 is 34.0 Å². The van der Waals surface area contributed by atoms with Crippen LogP contribution < -0.4 is 10.6 Å². The zero-order valence-electron chi connectivity index (χ0n) is 16.2. The second-order valence-corrected chi connectivity index (χ2v) is 7.57. The Morgan fingerprint density at radius 2 is 2.18 bits per heavy atom. The SMILES string of the molecule is CCc1nnc(Nc2cc(C)nc([C@@H]3CN(C(=O)CNC(C)=O)CCO3)c2)s1. The van der Waals surface area contributed by atoms with E-state index < -0.39 is 0 Å². The van der Waals surface area contributed by atoms with Gasteiger partial charge in [-0.3, -0.25) is 14.6 Å². The van der Waals surface area contributed by atoms with Gasteiger partial charge < -0.3 is 20.3 Å². The zero-order chi connectivity index (χ0) is 20.1. The van der Waals surface area contributed by atoms with Gasteiger partial charge in [0.25, 0.3) is 0 Å². The Labute approximate surface area is 167 Å². The Kier molecular flexibility index (Phi) is 6.53. The lowest BCUT2D eigenvalue weighted by atomic mass is 10.1. The van der Waals surface area contributed by atoms with E-state index in [1.165, 1.54) is 18.3 Å². The third-order valence-electron chi connectivity index (χ3n) is 4.23. The first-order valence-electron chi connectivity index (χ1n) is 9.16. The number of hydrogen-bond acceptors (Lipinski definition) is 8. The zero-order valence-corrected chi connectivity index (χ0v) is 17.0. The maximum atomic E-state index is 12.3. The van der Waals surface area contributed by atoms with Crippen LogP contribution >= 0.6 is 11.3 Å². The van der Waals surface area contributed by atoms with Gasteiger partial charge in [0.2, 0.25) is 16.9 Å². The van der Waals surface area contributed by atoms with Gasteiger partial charge in [0, 0.05) is 24.8 Å². The van der Waals surface area contributed by atoms with Crippen LogP contribution in [0.1, 0.15) is 36.3 Å². The Morgan fingerprint density at radius 1 is 1.36 bits per heavy atom. The molecule has 2 aromatic heterocycles. The molecule has 0 aliphatic carbocycles. The Morgan fingerprint density at radius 3 is 2.89 bits per heavy atom. The van der Waals surface area contributed by atoms with Crippen LogP contribution in [0.5, 0.6) is 0 Å². The normalized spacial score (nSPS) is 16.7. The number of nitrogens with one attached hydrogen (secondary N) is 2. The summed E-state index contributed by atoms with van der Waals surface area (Å²) in [5.74, 6) is -0.354. The first-order chi connectivity index (χ1) is 13.4. The Hall–Kier alpha value is -2.59.